The molecule has 0 fully saturated rings. The highest BCUT2D eigenvalue weighted by Gasteiger charge is 2.14. The second-order valence-electron chi connectivity index (χ2n) is 6.73. The van der Waals surface area contributed by atoms with Crippen LogP contribution in [0.5, 0.6) is 17.2 Å². The third-order valence-electron chi connectivity index (χ3n) is 4.64. The van der Waals surface area contributed by atoms with Crippen LogP contribution in [-0.4, -0.2) is 56.2 Å². The van der Waals surface area contributed by atoms with Crippen LogP contribution >= 0.6 is 0 Å². The van der Waals surface area contributed by atoms with Gasteiger partial charge in [0.15, 0.2) is 11.5 Å². The van der Waals surface area contributed by atoms with E-state index < -0.39 is 12.1 Å². The Hall–Kier alpha value is -3.19. The molecule has 2 aromatic rings. The number of aliphatic carboxylic acids is 1. The molecule has 162 valence electrons. The summed E-state index contributed by atoms with van der Waals surface area (Å²) in [5.74, 6) is 0.908. The van der Waals surface area contributed by atoms with Gasteiger partial charge < -0.3 is 29.3 Å². The third-order valence-corrected chi connectivity index (χ3v) is 4.64. The first-order valence-corrected chi connectivity index (χ1v) is 9.67. The van der Waals surface area contributed by atoms with E-state index in [0.29, 0.717) is 35.9 Å². The number of methoxy groups -OCH3 is 2. The Morgan fingerprint density at radius 2 is 1.77 bits per heavy atom. The van der Waals surface area contributed by atoms with Crippen molar-refractivity contribution >= 4 is 17.2 Å². The maximum Gasteiger partial charge on any atom is 0.328 e. The number of aliphatic hydroxyl groups excluding tert-OH is 1. The van der Waals surface area contributed by atoms with Gasteiger partial charge in [-0.05, 0) is 49.2 Å². The Labute approximate surface area is 177 Å². The number of carboxylic acids is 1. The second kappa shape index (κ2) is 11.1. The molecule has 0 radical (unpaired) electrons. The lowest BCUT2D eigenvalue weighted by Crippen LogP contribution is -2.35. The van der Waals surface area contributed by atoms with E-state index in [1.165, 1.54) is 0 Å². The summed E-state index contributed by atoms with van der Waals surface area (Å²) in [5.41, 5.74) is 2.37. The van der Waals surface area contributed by atoms with Gasteiger partial charge in [-0.2, -0.15) is 0 Å². The minimum absolute atomic E-state index is 0.132. The van der Waals surface area contributed by atoms with Crippen LogP contribution in [0.15, 0.2) is 48.5 Å². The number of nitrogens with zero attached hydrogens (tertiary/aromatic N) is 1. The fourth-order valence-corrected chi connectivity index (χ4v) is 3.02. The number of anilines is 1. The summed E-state index contributed by atoms with van der Waals surface area (Å²) in [7, 11) is 3.18. The Bertz CT molecular complexity index is 862. The van der Waals surface area contributed by atoms with Crippen molar-refractivity contribution < 1.29 is 29.2 Å². The number of hydrogen-bond acceptors (Lipinski definition) is 6. The summed E-state index contributed by atoms with van der Waals surface area (Å²) in [4.78, 5) is 12.8. The van der Waals surface area contributed by atoms with E-state index in [1.807, 2.05) is 30.0 Å². The van der Waals surface area contributed by atoms with Gasteiger partial charge in [-0.15, -0.1) is 0 Å². The maximum absolute atomic E-state index is 10.8. The lowest BCUT2D eigenvalue weighted by molar-refractivity contribution is -0.131. The Kier molecular flexibility index (Phi) is 8.55. The largest absolute Gasteiger partial charge is 0.493 e. The number of carboxylic acid groups (broad SMARTS) is 1. The molecule has 0 aliphatic heterocycles. The molecule has 2 aromatic carbocycles. The van der Waals surface area contributed by atoms with Crippen molar-refractivity contribution in [2.45, 2.75) is 20.0 Å². The summed E-state index contributed by atoms with van der Waals surface area (Å²) in [6.07, 6.45) is 0.457. The van der Waals surface area contributed by atoms with E-state index in [2.05, 4.69) is 0 Å². The molecule has 0 aromatic heterocycles. The van der Waals surface area contributed by atoms with Crippen LogP contribution in [0.2, 0.25) is 0 Å². The predicted octanol–water partition coefficient (Wildman–Crippen LogP) is 3.46. The molecule has 0 amide bonds. The van der Waals surface area contributed by atoms with Gasteiger partial charge in [0.25, 0.3) is 0 Å². The summed E-state index contributed by atoms with van der Waals surface area (Å²) in [6.45, 7) is 4.98. The van der Waals surface area contributed by atoms with Gasteiger partial charge >= 0.3 is 5.97 Å². The predicted molar refractivity (Wildman–Crippen MR) is 117 cm³/mol. The average Bonchev–Trinajstić information content (AvgIpc) is 2.75. The normalized spacial score (nSPS) is 12.2. The lowest BCUT2D eigenvalue weighted by atomic mass is 10.1. The highest BCUT2D eigenvalue weighted by atomic mass is 16.5. The van der Waals surface area contributed by atoms with Crippen molar-refractivity contribution in [3.63, 3.8) is 0 Å². The van der Waals surface area contributed by atoms with E-state index in [-0.39, 0.29) is 6.61 Å². The molecule has 0 heterocycles. The van der Waals surface area contributed by atoms with E-state index in [4.69, 9.17) is 19.3 Å². The van der Waals surface area contributed by atoms with E-state index in [1.54, 1.807) is 45.4 Å². The summed E-state index contributed by atoms with van der Waals surface area (Å²) < 4.78 is 16.3. The molecule has 7 nitrogen and oxygen atoms in total. The van der Waals surface area contributed by atoms with E-state index in [0.717, 1.165) is 17.3 Å². The SMILES string of the molecule is CCN(CC(O)COc1ccc(/C(C)=C\C(=O)O)cc1)c1ccc(OC)c(OC)c1. The second-order valence-corrected chi connectivity index (χ2v) is 6.73. The van der Waals surface area contributed by atoms with Crippen LogP contribution in [0, 0.1) is 0 Å². The number of ether oxygens (including phenoxy) is 3. The molecular weight excluding hydrogens is 386 g/mol. The maximum atomic E-state index is 10.8. The number of carbonyl (C=O) groups is 1. The standard InChI is InChI=1S/C23H29NO6/c1-5-24(18-8-11-21(28-3)22(13-18)29-4)14-19(25)15-30-20-9-6-17(7-10-20)16(2)12-23(26)27/h6-13,19,25H,5,14-15H2,1-4H3,(H,26,27)/b16-12-. The minimum Gasteiger partial charge on any atom is -0.493 e. The summed E-state index contributed by atoms with van der Waals surface area (Å²) in [6, 6.07) is 12.7. The molecular formula is C23H29NO6. The van der Waals surface area contributed by atoms with Crippen LogP contribution in [0.25, 0.3) is 5.57 Å². The van der Waals surface area contributed by atoms with Crippen molar-refractivity contribution in [3.8, 4) is 17.2 Å². The Morgan fingerprint density at radius 1 is 1.10 bits per heavy atom. The van der Waals surface area contributed by atoms with Crippen molar-refractivity contribution in [1.29, 1.82) is 0 Å². The highest BCUT2D eigenvalue weighted by Crippen LogP contribution is 2.31. The van der Waals surface area contributed by atoms with Gasteiger partial charge in [0.2, 0.25) is 0 Å². The van der Waals surface area contributed by atoms with Crippen LogP contribution < -0.4 is 19.1 Å². The van der Waals surface area contributed by atoms with E-state index in [9.17, 15) is 9.90 Å². The summed E-state index contributed by atoms with van der Waals surface area (Å²) >= 11 is 0. The fraction of sp³-hybridized carbons (Fsp3) is 0.348. The molecule has 0 spiro atoms. The Morgan fingerprint density at radius 3 is 2.33 bits per heavy atom. The molecule has 2 N–H and O–H groups in total. The van der Waals surface area contributed by atoms with Gasteiger partial charge in [0.1, 0.15) is 18.5 Å². The number of hydrogen-bond donors (Lipinski definition) is 2. The van der Waals surface area contributed by atoms with Crippen LogP contribution in [0.3, 0.4) is 0 Å². The molecule has 0 aliphatic carbocycles. The van der Waals surface area contributed by atoms with Crippen LogP contribution in [0.1, 0.15) is 19.4 Å². The molecule has 0 bridgehead atoms. The smallest absolute Gasteiger partial charge is 0.328 e. The molecule has 30 heavy (non-hydrogen) atoms. The fourth-order valence-electron chi connectivity index (χ4n) is 3.02. The van der Waals surface area contributed by atoms with Crippen molar-refractivity contribution in [2.24, 2.45) is 0 Å². The zero-order valence-electron chi connectivity index (χ0n) is 17.8. The Balaban J connectivity index is 1.96. The molecule has 0 saturated heterocycles. The number of benzene rings is 2. The van der Waals surface area contributed by atoms with Gasteiger partial charge in [-0.1, -0.05) is 12.1 Å². The average molecular weight is 415 g/mol. The van der Waals surface area contributed by atoms with Gasteiger partial charge in [0.05, 0.1) is 14.2 Å². The number of allylic oxidation sites excluding steroid dienone is 1. The van der Waals surface area contributed by atoms with Crippen molar-refractivity contribution in [3.05, 3.63) is 54.1 Å². The van der Waals surface area contributed by atoms with Crippen molar-refractivity contribution in [1.82, 2.24) is 0 Å². The number of rotatable bonds is 11. The minimum atomic E-state index is -0.981. The highest BCUT2D eigenvalue weighted by molar-refractivity contribution is 5.89. The quantitative estimate of drug-likeness (QED) is 0.543. The lowest BCUT2D eigenvalue weighted by Gasteiger charge is -2.26. The van der Waals surface area contributed by atoms with Gasteiger partial charge in [0, 0.05) is 30.9 Å². The van der Waals surface area contributed by atoms with Crippen LogP contribution in [0.4, 0.5) is 5.69 Å². The topological polar surface area (TPSA) is 88.5 Å². The number of aliphatic hydroxyl groups is 1. The van der Waals surface area contributed by atoms with E-state index >= 15 is 0 Å². The van der Waals surface area contributed by atoms with Crippen LogP contribution in [-0.2, 0) is 4.79 Å². The number of likely N-dealkylation sites (N-methyl/N-ethyl adjacent to an activating group) is 1. The monoisotopic (exact) mass is 415 g/mol. The molecule has 0 aliphatic rings. The molecule has 0 saturated carbocycles. The first-order chi connectivity index (χ1) is 14.4. The molecule has 2 rings (SSSR count). The first-order valence-electron chi connectivity index (χ1n) is 9.67. The summed E-state index contributed by atoms with van der Waals surface area (Å²) in [5, 5.41) is 19.3. The van der Waals surface area contributed by atoms with Gasteiger partial charge in [-0.3, -0.25) is 0 Å². The third kappa shape index (κ3) is 6.42. The zero-order valence-corrected chi connectivity index (χ0v) is 17.8. The zero-order chi connectivity index (χ0) is 22.1. The van der Waals surface area contributed by atoms with Crippen molar-refractivity contribution in [2.75, 3.05) is 38.8 Å². The molecule has 7 heteroatoms. The molecule has 1 unspecified atom stereocenters. The first kappa shape index (κ1) is 23.1. The van der Waals surface area contributed by atoms with Gasteiger partial charge in [-0.25, -0.2) is 4.79 Å². The molecule has 1 atom stereocenters.